The van der Waals surface area contributed by atoms with Crippen LogP contribution in [0.3, 0.4) is 0 Å². The smallest absolute Gasteiger partial charge is 0.209 e. The van der Waals surface area contributed by atoms with Crippen LogP contribution in [0.25, 0.3) is 22.4 Å². The molecule has 0 saturated heterocycles. The van der Waals surface area contributed by atoms with Crippen molar-refractivity contribution >= 4 is 26.9 Å². The molecule has 2 atom stereocenters. The Bertz CT molecular complexity index is 1100. The van der Waals surface area contributed by atoms with Crippen molar-refractivity contribution in [2.24, 2.45) is 0 Å². The van der Waals surface area contributed by atoms with E-state index in [9.17, 15) is 12.8 Å². The summed E-state index contributed by atoms with van der Waals surface area (Å²) in [7, 11) is -3.35. The molecule has 1 saturated carbocycles. The van der Waals surface area contributed by atoms with Crippen molar-refractivity contribution in [1.29, 1.82) is 0 Å². The number of hydrogen-bond acceptors (Lipinski definition) is 6. The van der Waals surface area contributed by atoms with Gasteiger partial charge in [0.05, 0.1) is 12.5 Å². The molecular formula is C18H21FN6O2S. The minimum absolute atomic E-state index is 0.0652. The average molecular weight is 404 g/mol. The third-order valence-electron chi connectivity index (χ3n) is 4.89. The Labute approximate surface area is 162 Å². The molecule has 1 aliphatic rings. The molecule has 3 heterocycles. The second-order valence-electron chi connectivity index (χ2n) is 7.02. The number of halogens is 1. The molecule has 148 valence electrons. The van der Waals surface area contributed by atoms with E-state index in [1.807, 2.05) is 12.1 Å². The van der Waals surface area contributed by atoms with E-state index in [-0.39, 0.29) is 17.9 Å². The van der Waals surface area contributed by atoms with Gasteiger partial charge in [0.25, 0.3) is 0 Å². The largest absolute Gasteiger partial charge is 0.363 e. The maximum absolute atomic E-state index is 14.4. The van der Waals surface area contributed by atoms with Gasteiger partial charge < -0.3 is 10.3 Å². The third kappa shape index (κ3) is 3.97. The lowest BCUT2D eigenvalue weighted by Crippen LogP contribution is -2.48. The van der Waals surface area contributed by atoms with Gasteiger partial charge in [-0.25, -0.2) is 32.5 Å². The first kappa shape index (κ1) is 18.8. The molecule has 10 heteroatoms. The van der Waals surface area contributed by atoms with Crippen LogP contribution >= 0.6 is 0 Å². The maximum atomic E-state index is 14.4. The van der Waals surface area contributed by atoms with Crippen LogP contribution in [0.1, 0.15) is 25.7 Å². The molecule has 0 radical (unpaired) electrons. The second-order valence-corrected chi connectivity index (χ2v) is 8.80. The van der Waals surface area contributed by atoms with Gasteiger partial charge in [0.2, 0.25) is 10.0 Å². The summed E-state index contributed by atoms with van der Waals surface area (Å²) < 4.78 is 40.3. The van der Waals surface area contributed by atoms with Crippen molar-refractivity contribution in [1.82, 2.24) is 24.7 Å². The zero-order valence-electron chi connectivity index (χ0n) is 15.3. The van der Waals surface area contributed by atoms with Crippen LogP contribution in [0.15, 0.2) is 30.7 Å². The molecule has 1 fully saturated rings. The van der Waals surface area contributed by atoms with Crippen LogP contribution < -0.4 is 10.0 Å². The van der Waals surface area contributed by atoms with Crippen LogP contribution in [0.5, 0.6) is 0 Å². The maximum Gasteiger partial charge on any atom is 0.209 e. The van der Waals surface area contributed by atoms with Crippen molar-refractivity contribution in [3.05, 3.63) is 36.5 Å². The second kappa shape index (κ2) is 7.44. The fourth-order valence-corrected chi connectivity index (χ4v) is 4.47. The Kier molecular flexibility index (Phi) is 4.98. The highest BCUT2D eigenvalue weighted by Crippen LogP contribution is 2.28. The highest BCUT2D eigenvalue weighted by molar-refractivity contribution is 7.88. The third-order valence-corrected chi connectivity index (χ3v) is 5.62. The van der Waals surface area contributed by atoms with E-state index in [1.165, 1.54) is 0 Å². The van der Waals surface area contributed by atoms with Gasteiger partial charge in [0, 0.05) is 35.4 Å². The summed E-state index contributed by atoms with van der Waals surface area (Å²) in [4.78, 5) is 15.8. The summed E-state index contributed by atoms with van der Waals surface area (Å²) in [5, 5.41) is 3.94. The Morgan fingerprint density at radius 1 is 1.21 bits per heavy atom. The van der Waals surface area contributed by atoms with Crippen molar-refractivity contribution in [2.45, 2.75) is 37.8 Å². The Balaban J connectivity index is 1.64. The van der Waals surface area contributed by atoms with Crippen LogP contribution in [-0.2, 0) is 10.0 Å². The van der Waals surface area contributed by atoms with Gasteiger partial charge in [-0.2, -0.15) is 0 Å². The number of pyridine rings is 1. The molecule has 3 aromatic rings. The lowest BCUT2D eigenvalue weighted by molar-refractivity contribution is 0.377. The van der Waals surface area contributed by atoms with Crippen LogP contribution in [0.2, 0.25) is 0 Å². The van der Waals surface area contributed by atoms with Gasteiger partial charge in [0.15, 0.2) is 17.5 Å². The van der Waals surface area contributed by atoms with Gasteiger partial charge in [0.1, 0.15) is 5.65 Å². The Hall–Kier alpha value is -2.59. The number of aromatic amines is 1. The van der Waals surface area contributed by atoms with E-state index in [4.69, 9.17) is 0 Å². The molecular weight excluding hydrogens is 383 g/mol. The van der Waals surface area contributed by atoms with E-state index in [1.54, 1.807) is 12.4 Å². The quantitative estimate of drug-likeness (QED) is 0.602. The first-order valence-electron chi connectivity index (χ1n) is 9.09. The Morgan fingerprint density at radius 2 is 2.00 bits per heavy atom. The van der Waals surface area contributed by atoms with Gasteiger partial charge in [-0.3, -0.25) is 0 Å². The van der Waals surface area contributed by atoms with Crippen molar-refractivity contribution in [2.75, 3.05) is 11.6 Å². The molecule has 3 aromatic heterocycles. The standard InChI is InChI=1S/C18H21FN6O2S/c1-28(26,27)25-15-7-3-2-6-14(15)23-18-13(19)10-22-17(24-18)12-9-21-16-11(12)5-4-8-20-16/h4-5,8-10,14-15,25H,2-3,6-7H2,1H3,(H,20,21)(H,22,23,24). The molecule has 28 heavy (non-hydrogen) atoms. The van der Waals surface area contributed by atoms with Gasteiger partial charge in [-0.1, -0.05) is 12.8 Å². The SMILES string of the molecule is CS(=O)(=O)NC1CCCCC1Nc1nc(-c2c[nH]c3ncccc23)ncc1F. The molecule has 3 N–H and O–H groups in total. The molecule has 0 aromatic carbocycles. The lowest BCUT2D eigenvalue weighted by atomic mass is 9.91. The number of nitrogens with zero attached hydrogens (tertiary/aromatic N) is 3. The lowest BCUT2D eigenvalue weighted by Gasteiger charge is -2.32. The van der Waals surface area contributed by atoms with Crippen molar-refractivity contribution in [3.8, 4) is 11.4 Å². The summed E-state index contributed by atoms with van der Waals surface area (Å²) in [6.07, 6.45) is 8.96. The number of sulfonamides is 1. The number of rotatable bonds is 5. The summed E-state index contributed by atoms with van der Waals surface area (Å²) in [6.45, 7) is 0. The molecule has 8 nitrogen and oxygen atoms in total. The van der Waals surface area contributed by atoms with Crippen molar-refractivity contribution < 1.29 is 12.8 Å². The number of hydrogen-bond donors (Lipinski definition) is 3. The molecule has 2 unspecified atom stereocenters. The highest BCUT2D eigenvalue weighted by atomic mass is 32.2. The molecule has 0 amide bonds. The monoisotopic (exact) mass is 404 g/mol. The molecule has 0 bridgehead atoms. The number of H-pyrrole nitrogens is 1. The summed E-state index contributed by atoms with van der Waals surface area (Å²) in [6, 6.07) is 3.15. The summed E-state index contributed by atoms with van der Waals surface area (Å²) in [5.41, 5.74) is 1.42. The minimum atomic E-state index is -3.35. The van der Waals surface area contributed by atoms with Gasteiger partial charge >= 0.3 is 0 Å². The average Bonchev–Trinajstić information content (AvgIpc) is 3.08. The number of aromatic nitrogens is 4. The predicted molar refractivity (Wildman–Crippen MR) is 105 cm³/mol. The van der Waals surface area contributed by atoms with E-state index >= 15 is 0 Å². The van der Waals surface area contributed by atoms with Crippen LogP contribution in [0.4, 0.5) is 10.2 Å². The topological polar surface area (TPSA) is 113 Å². The predicted octanol–water partition coefficient (Wildman–Crippen LogP) is 2.43. The van der Waals surface area contributed by atoms with Crippen LogP contribution in [0, 0.1) is 5.82 Å². The first-order chi connectivity index (χ1) is 13.4. The molecule has 4 rings (SSSR count). The van der Waals surface area contributed by atoms with E-state index in [2.05, 4.69) is 30.0 Å². The van der Waals surface area contributed by atoms with E-state index in [0.717, 1.165) is 42.7 Å². The molecule has 0 aliphatic heterocycles. The zero-order valence-corrected chi connectivity index (χ0v) is 16.1. The minimum Gasteiger partial charge on any atom is -0.363 e. The normalized spacial score (nSPS) is 20.4. The zero-order chi connectivity index (χ0) is 19.7. The molecule has 0 spiro atoms. The Morgan fingerprint density at radius 3 is 2.79 bits per heavy atom. The summed E-state index contributed by atoms with van der Waals surface area (Å²) in [5.74, 6) is -0.146. The fourth-order valence-electron chi connectivity index (χ4n) is 3.63. The van der Waals surface area contributed by atoms with E-state index in [0.29, 0.717) is 17.9 Å². The first-order valence-corrected chi connectivity index (χ1v) is 11.0. The number of nitrogens with one attached hydrogen (secondary N) is 3. The highest BCUT2D eigenvalue weighted by Gasteiger charge is 2.28. The van der Waals surface area contributed by atoms with E-state index < -0.39 is 15.8 Å². The fraction of sp³-hybridized carbons (Fsp3) is 0.389. The number of fused-ring (bicyclic) bond motifs is 1. The van der Waals surface area contributed by atoms with Crippen molar-refractivity contribution in [3.63, 3.8) is 0 Å². The van der Waals surface area contributed by atoms with Crippen LogP contribution in [-0.4, -0.2) is 46.7 Å². The van der Waals surface area contributed by atoms with Gasteiger partial charge in [-0.05, 0) is 25.0 Å². The molecule has 1 aliphatic carbocycles. The number of anilines is 1. The van der Waals surface area contributed by atoms with Gasteiger partial charge in [-0.15, -0.1) is 0 Å². The summed E-state index contributed by atoms with van der Waals surface area (Å²) >= 11 is 0.